The molecule has 7 heteroatoms. The van der Waals surface area contributed by atoms with E-state index in [4.69, 9.17) is 5.26 Å². The van der Waals surface area contributed by atoms with Gasteiger partial charge >= 0.3 is 0 Å². The van der Waals surface area contributed by atoms with E-state index in [1.165, 1.54) is 0 Å². The van der Waals surface area contributed by atoms with Gasteiger partial charge in [0.25, 0.3) is 0 Å². The van der Waals surface area contributed by atoms with E-state index in [1.807, 2.05) is 6.07 Å². The van der Waals surface area contributed by atoms with Crippen LogP contribution in [0.25, 0.3) is 0 Å². The Morgan fingerprint density at radius 1 is 1.62 bits per heavy atom. The van der Waals surface area contributed by atoms with E-state index < -0.39 is 21.8 Å². The maximum atomic E-state index is 12.8. The number of nitrogens with one attached hydrogen (secondary N) is 1. The molecule has 0 spiro atoms. The predicted octanol–water partition coefficient (Wildman–Crippen LogP) is 0.659. The van der Waals surface area contributed by atoms with Crippen LogP contribution >= 0.6 is 0 Å². The predicted molar refractivity (Wildman–Crippen MR) is 54.2 cm³/mol. The summed E-state index contributed by atoms with van der Waals surface area (Å²) < 4.78 is 38.1. The summed E-state index contributed by atoms with van der Waals surface area (Å²) in [7, 11) is -3.79. The molecule has 0 bridgehead atoms. The number of nitriles is 1. The number of hydrogen-bond acceptors (Lipinski definition) is 4. The highest BCUT2D eigenvalue weighted by molar-refractivity contribution is 7.89. The Bertz CT molecular complexity index is 510. The van der Waals surface area contributed by atoms with Gasteiger partial charge in [0.05, 0.1) is 18.2 Å². The summed E-state index contributed by atoms with van der Waals surface area (Å²) in [6.07, 6.45) is 1.96. The van der Waals surface area contributed by atoms with Gasteiger partial charge in [0.1, 0.15) is 10.7 Å². The fraction of sp³-hybridized carbons (Fsp3) is 0.333. The molecular formula is C9H10FN3O2S. The van der Waals surface area contributed by atoms with Crippen LogP contribution in [0.4, 0.5) is 4.39 Å². The van der Waals surface area contributed by atoms with Gasteiger partial charge in [-0.05, 0) is 13.0 Å². The lowest BCUT2D eigenvalue weighted by Gasteiger charge is -2.06. The molecule has 1 atom stereocenters. The quantitative estimate of drug-likeness (QED) is 0.842. The zero-order valence-electron chi connectivity index (χ0n) is 8.51. The molecule has 1 rings (SSSR count). The minimum Gasteiger partial charge on any atom is -0.260 e. The van der Waals surface area contributed by atoms with Crippen LogP contribution in [0.3, 0.4) is 0 Å². The molecule has 0 aliphatic carbocycles. The molecule has 0 fully saturated rings. The fourth-order valence-electron chi connectivity index (χ4n) is 0.903. The second kappa shape index (κ2) is 5.01. The van der Waals surface area contributed by atoms with E-state index >= 15 is 0 Å². The van der Waals surface area contributed by atoms with Crippen LogP contribution in [0, 0.1) is 23.1 Å². The number of halogens is 1. The van der Waals surface area contributed by atoms with Crippen molar-refractivity contribution in [2.75, 3.05) is 6.54 Å². The van der Waals surface area contributed by atoms with Gasteiger partial charge in [0.2, 0.25) is 10.0 Å². The van der Waals surface area contributed by atoms with Crippen LogP contribution in [0.15, 0.2) is 23.4 Å². The molecule has 1 aromatic rings. The average molecular weight is 243 g/mol. The maximum absolute atomic E-state index is 12.8. The van der Waals surface area contributed by atoms with E-state index in [-0.39, 0.29) is 11.4 Å². The number of aromatic nitrogens is 1. The first-order valence-corrected chi connectivity index (χ1v) is 5.94. The number of rotatable bonds is 4. The van der Waals surface area contributed by atoms with Crippen molar-refractivity contribution in [2.45, 2.75) is 11.8 Å². The third kappa shape index (κ3) is 3.25. The minimum atomic E-state index is -3.79. The molecule has 16 heavy (non-hydrogen) atoms. The highest BCUT2D eigenvalue weighted by atomic mass is 32.2. The summed E-state index contributed by atoms with van der Waals surface area (Å²) in [5, 5.41) is 8.49. The molecule has 0 saturated carbocycles. The fourth-order valence-corrected chi connectivity index (χ4v) is 2.01. The molecule has 1 aromatic heterocycles. The van der Waals surface area contributed by atoms with Crippen LogP contribution in [0.2, 0.25) is 0 Å². The van der Waals surface area contributed by atoms with Crippen LogP contribution in [-0.4, -0.2) is 19.9 Å². The lowest BCUT2D eigenvalue weighted by molar-refractivity contribution is 0.568. The first kappa shape index (κ1) is 12.5. The van der Waals surface area contributed by atoms with Crippen molar-refractivity contribution >= 4 is 10.0 Å². The average Bonchev–Trinajstić information content (AvgIpc) is 2.26. The third-order valence-corrected chi connectivity index (χ3v) is 3.18. The zero-order chi connectivity index (χ0) is 12.2. The van der Waals surface area contributed by atoms with Gasteiger partial charge in [-0.15, -0.1) is 0 Å². The maximum Gasteiger partial charge on any atom is 0.242 e. The molecule has 1 unspecified atom stereocenters. The van der Waals surface area contributed by atoms with Gasteiger partial charge in [-0.3, -0.25) is 4.98 Å². The van der Waals surface area contributed by atoms with E-state index in [0.29, 0.717) is 0 Å². The zero-order valence-corrected chi connectivity index (χ0v) is 9.33. The lowest BCUT2D eigenvalue weighted by Crippen LogP contribution is -2.28. The molecule has 5 nitrogen and oxygen atoms in total. The molecule has 0 aliphatic heterocycles. The van der Waals surface area contributed by atoms with Gasteiger partial charge in [-0.25, -0.2) is 17.5 Å². The van der Waals surface area contributed by atoms with Gasteiger partial charge in [0.15, 0.2) is 0 Å². The minimum absolute atomic E-state index is 0.0185. The molecular weight excluding hydrogens is 233 g/mol. The SMILES string of the molecule is CC(C#N)CNS(=O)(=O)c1cncc(F)c1. The Hall–Kier alpha value is -1.52. The van der Waals surface area contributed by atoms with Crippen molar-refractivity contribution in [1.29, 1.82) is 5.26 Å². The molecule has 1 N–H and O–H groups in total. The summed E-state index contributed by atoms with van der Waals surface area (Å²) in [6, 6.07) is 2.75. The third-order valence-electron chi connectivity index (χ3n) is 1.79. The van der Waals surface area contributed by atoms with E-state index in [9.17, 15) is 12.8 Å². The standard InChI is InChI=1S/C9H10FN3O2S/c1-7(3-11)4-13-16(14,15)9-2-8(10)5-12-6-9/h2,5-7,13H,4H2,1H3. The summed E-state index contributed by atoms with van der Waals surface area (Å²) in [5.74, 6) is -1.17. The van der Waals surface area contributed by atoms with E-state index in [1.54, 1.807) is 6.92 Å². The summed E-state index contributed by atoms with van der Waals surface area (Å²) >= 11 is 0. The smallest absolute Gasteiger partial charge is 0.242 e. The van der Waals surface area contributed by atoms with Crippen molar-refractivity contribution in [3.8, 4) is 6.07 Å². The first-order chi connectivity index (χ1) is 7.45. The molecule has 86 valence electrons. The van der Waals surface area contributed by atoms with Gasteiger partial charge in [-0.1, -0.05) is 0 Å². The second-order valence-electron chi connectivity index (χ2n) is 3.22. The molecule has 0 amide bonds. The number of sulfonamides is 1. The molecule has 0 saturated heterocycles. The van der Waals surface area contributed by atoms with E-state index in [0.717, 1.165) is 18.5 Å². The van der Waals surface area contributed by atoms with Gasteiger partial charge < -0.3 is 0 Å². The van der Waals surface area contributed by atoms with E-state index in [2.05, 4.69) is 9.71 Å². The second-order valence-corrected chi connectivity index (χ2v) is 4.99. The molecule has 1 heterocycles. The number of pyridine rings is 1. The van der Waals surface area contributed by atoms with Crippen LogP contribution < -0.4 is 4.72 Å². The lowest BCUT2D eigenvalue weighted by atomic mass is 10.2. The van der Waals surface area contributed by atoms with Gasteiger partial charge in [0, 0.05) is 12.7 Å². The normalized spacial score (nSPS) is 13.1. The Morgan fingerprint density at radius 3 is 2.88 bits per heavy atom. The van der Waals surface area contributed by atoms with Crippen molar-refractivity contribution in [1.82, 2.24) is 9.71 Å². The molecule has 0 aromatic carbocycles. The van der Waals surface area contributed by atoms with Crippen molar-refractivity contribution in [2.24, 2.45) is 5.92 Å². The highest BCUT2D eigenvalue weighted by Crippen LogP contribution is 2.08. The van der Waals surface area contributed by atoms with Crippen LogP contribution in [0.5, 0.6) is 0 Å². The largest absolute Gasteiger partial charge is 0.260 e. The monoisotopic (exact) mass is 243 g/mol. The summed E-state index contributed by atoms with van der Waals surface area (Å²) in [6.45, 7) is 1.56. The topological polar surface area (TPSA) is 82.9 Å². The Kier molecular flexibility index (Phi) is 3.93. The van der Waals surface area contributed by atoms with Crippen molar-refractivity contribution < 1.29 is 12.8 Å². The summed E-state index contributed by atoms with van der Waals surface area (Å²) in [5.41, 5.74) is 0. The Balaban J connectivity index is 2.83. The Morgan fingerprint density at radius 2 is 2.31 bits per heavy atom. The molecule has 0 radical (unpaired) electrons. The number of nitrogens with zero attached hydrogens (tertiary/aromatic N) is 2. The van der Waals surface area contributed by atoms with Gasteiger partial charge in [-0.2, -0.15) is 5.26 Å². The summed E-state index contributed by atoms with van der Waals surface area (Å²) in [4.78, 5) is 3.19. The molecule has 0 aliphatic rings. The number of hydrogen-bond donors (Lipinski definition) is 1. The van der Waals surface area contributed by atoms with Crippen LogP contribution in [-0.2, 0) is 10.0 Å². The Labute approximate surface area is 93.0 Å². The highest BCUT2D eigenvalue weighted by Gasteiger charge is 2.15. The van der Waals surface area contributed by atoms with Crippen molar-refractivity contribution in [3.63, 3.8) is 0 Å². The van der Waals surface area contributed by atoms with Crippen molar-refractivity contribution in [3.05, 3.63) is 24.3 Å². The van der Waals surface area contributed by atoms with Crippen LogP contribution in [0.1, 0.15) is 6.92 Å². The first-order valence-electron chi connectivity index (χ1n) is 4.45.